The molecule has 4 nitrogen and oxygen atoms in total. The Morgan fingerprint density at radius 3 is 2.04 bits per heavy atom. The fourth-order valence-electron chi connectivity index (χ4n) is 2.22. The molecular formula is C19H20O4. The molecule has 0 fully saturated rings. The summed E-state index contributed by atoms with van der Waals surface area (Å²) in [4.78, 5) is 12.5. The molecular weight excluding hydrogens is 292 g/mol. The van der Waals surface area contributed by atoms with Crippen molar-refractivity contribution in [3.8, 4) is 17.2 Å². The fourth-order valence-corrected chi connectivity index (χ4v) is 2.22. The average Bonchev–Trinajstić information content (AvgIpc) is 2.61. The molecule has 0 aliphatic heterocycles. The van der Waals surface area contributed by atoms with Crippen LogP contribution in [-0.2, 0) is 0 Å². The Kier molecular flexibility index (Phi) is 5.41. The van der Waals surface area contributed by atoms with Crippen LogP contribution in [0.2, 0.25) is 0 Å². The van der Waals surface area contributed by atoms with Gasteiger partial charge < -0.3 is 14.2 Å². The first-order chi connectivity index (χ1) is 11.1. The van der Waals surface area contributed by atoms with Crippen LogP contribution in [0, 0.1) is 0 Å². The predicted octanol–water partition coefficient (Wildman–Crippen LogP) is 4.00. The summed E-state index contributed by atoms with van der Waals surface area (Å²) in [5, 5.41) is 0. The van der Waals surface area contributed by atoms with Gasteiger partial charge in [-0.15, -0.1) is 0 Å². The van der Waals surface area contributed by atoms with E-state index in [1.54, 1.807) is 58.6 Å². The minimum absolute atomic E-state index is 0.0440. The number of benzene rings is 2. The van der Waals surface area contributed by atoms with Gasteiger partial charge in [0.05, 0.1) is 21.3 Å². The molecule has 0 amide bonds. The molecule has 2 aromatic rings. The van der Waals surface area contributed by atoms with E-state index in [-0.39, 0.29) is 5.78 Å². The monoisotopic (exact) mass is 312 g/mol. The standard InChI is InChI=1S/C19H20O4/c1-13(19(20)14-5-7-16(21-2)8-6-14)11-15-12-17(22-3)9-10-18(15)23-4/h5-12H,1-4H3/b13-11+. The van der Waals surface area contributed by atoms with Crippen molar-refractivity contribution in [1.29, 1.82) is 0 Å². The van der Waals surface area contributed by atoms with Gasteiger partial charge in [0.15, 0.2) is 5.78 Å². The molecule has 4 heteroatoms. The third-order valence-electron chi connectivity index (χ3n) is 3.52. The number of methoxy groups -OCH3 is 3. The summed E-state index contributed by atoms with van der Waals surface area (Å²) in [6.07, 6.45) is 1.80. The molecule has 0 bridgehead atoms. The Morgan fingerprint density at radius 2 is 1.48 bits per heavy atom. The lowest BCUT2D eigenvalue weighted by Crippen LogP contribution is -2.01. The molecule has 0 aromatic heterocycles. The molecule has 120 valence electrons. The van der Waals surface area contributed by atoms with Gasteiger partial charge in [-0.2, -0.15) is 0 Å². The molecule has 23 heavy (non-hydrogen) atoms. The summed E-state index contributed by atoms with van der Waals surface area (Å²) in [5.74, 6) is 2.07. The van der Waals surface area contributed by atoms with Crippen LogP contribution in [0.15, 0.2) is 48.0 Å². The second-order valence-electron chi connectivity index (χ2n) is 4.99. The largest absolute Gasteiger partial charge is 0.497 e. The summed E-state index contributed by atoms with van der Waals surface area (Å²) < 4.78 is 15.7. The molecule has 0 radical (unpaired) electrons. The van der Waals surface area contributed by atoms with E-state index in [1.807, 2.05) is 18.2 Å². The minimum atomic E-state index is -0.0440. The number of carbonyl (C=O) groups excluding carboxylic acids is 1. The van der Waals surface area contributed by atoms with Crippen molar-refractivity contribution < 1.29 is 19.0 Å². The topological polar surface area (TPSA) is 44.8 Å². The lowest BCUT2D eigenvalue weighted by atomic mass is 10.0. The molecule has 0 saturated heterocycles. The molecule has 2 rings (SSSR count). The Labute approximate surface area is 136 Å². The summed E-state index contributed by atoms with van der Waals surface area (Å²) in [6, 6.07) is 12.5. The van der Waals surface area contributed by atoms with Gasteiger partial charge in [-0.05, 0) is 61.0 Å². The quantitative estimate of drug-likeness (QED) is 0.597. The SMILES string of the molecule is COc1ccc(C(=O)/C(C)=C/c2cc(OC)ccc2OC)cc1. The smallest absolute Gasteiger partial charge is 0.188 e. The minimum Gasteiger partial charge on any atom is -0.497 e. The summed E-state index contributed by atoms with van der Waals surface area (Å²) in [5.41, 5.74) is 2.02. The highest BCUT2D eigenvalue weighted by Gasteiger charge is 2.10. The number of hydrogen-bond donors (Lipinski definition) is 0. The van der Waals surface area contributed by atoms with E-state index in [2.05, 4.69) is 0 Å². The van der Waals surface area contributed by atoms with Gasteiger partial charge in [0.1, 0.15) is 17.2 Å². The number of carbonyl (C=O) groups is 1. The second-order valence-corrected chi connectivity index (χ2v) is 4.99. The highest BCUT2D eigenvalue weighted by Crippen LogP contribution is 2.27. The molecule has 2 aromatic carbocycles. The van der Waals surface area contributed by atoms with Gasteiger partial charge in [0, 0.05) is 11.1 Å². The number of Topliss-reactive ketones (excluding diaryl/α,β-unsaturated/α-hetero) is 1. The number of hydrogen-bond acceptors (Lipinski definition) is 4. The van der Waals surface area contributed by atoms with Crippen LogP contribution in [0.1, 0.15) is 22.8 Å². The maximum absolute atomic E-state index is 12.5. The lowest BCUT2D eigenvalue weighted by Gasteiger charge is -2.09. The summed E-state index contributed by atoms with van der Waals surface area (Å²) in [7, 11) is 4.79. The van der Waals surface area contributed by atoms with Gasteiger partial charge >= 0.3 is 0 Å². The van der Waals surface area contributed by atoms with Gasteiger partial charge in [0.2, 0.25) is 0 Å². The number of ketones is 1. The fraction of sp³-hybridized carbons (Fsp3) is 0.211. The van der Waals surface area contributed by atoms with Crippen LogP contribution in [0.25, 0.3) is 6.08 Å². The Balaban J connectivity index is 2.32. The van der Waals surface area contributed by atoms with Gasteiger partial charge in [-0.3, -0.25) is 4.79 Å². The van der Waals surface area contributed by atoms with Crippen LogP contribution < -0.4 is 14.2 Å². The highest BCUT2D eigenvalue weighted by atomic mass is 16.5. The molecule has 0 aliphatic rings. The van der Waals surface area contributed by atoms with E-state index >= 15 is 0 Å². The van der Waals surface area contributed by atoms with Crippen LogP contribution in [0.4, 0.5) is 0 Å². The first-order valence-corrected chi connectivity index (χ1v) is 7.18. The van der Waals surface area contributed by atoms with E-state index < -0.39 is 0 Å². The first-order valence-electron chi connectivity index (χ1n) is 7.18. The third kappa shape index (κ3) is 3.92. The van der Waals surface area contributed by atoms with Crippen molar-refractivity contribution in [2.24, 2.45) is 0 Å². The van der Waals surface area contributed by atoms with Crippen molar-refractivity contribution in [1.82, 2.24) is 0 Å². The van der Waals surface area contributed by atoms with Crippen LogP contribution in [0.3, 0.4) is 0 Å². The molecule has 0 N–H and O–H groups in total. The molecule has 0 atom stereocenters. The van der Waals surface area contributed by atoms with Crippen molar-refractivity contribution in [2.75, 3.05) is 21.3 Å². The predicted molar refractivity (Wildman–Crippen MR) is 90.5 cm³/mol. The summed E-state index contributed by atoms with van der Waals surface area (Å²) >= 11 is 0. The maximum Gasteiger partial charge on any atom is 0.188 e. The maximum atomic E-state index is 12.5. The molecule has 0 aliphatic carbocycles. The second kappa shape index (κ2) is 7.49. The van der Waals surface area contributed by atoms with E-state index in [0.717, 1.165) is 11.3 Å². The van der Waals surface area contributed by atoms with E-state index in [1.165, 1.54) is 0 Å². The van der Waals surface area contributed by atoms with Crippen LogP contribution in [-0.4, -0.2) is 27.1 Å². The van der Waals surface area contributed by atoms with Gasteiger partial charge in [-0.1, -0.05) is 0 Å². The third-order valence-corrected chi connectivity index (χ3v) is 3.52. The molecule has 0 heterocycles. The van der Waals surface area contributed by atoms with E-state index in [9.17, 15) is 4.79 Å². The Hall–Kier alpha value is -2.75. The van der Waals surface area contributed by atoms with Crippen LogP contribution in [0.5, 0.6) is 17.2 Å². The number of ether oxygens (including phenoxy) is 3. The van der Waals surface area contributed by atoms with Crippen molar-refractivity contribution >= 4 is 11.9 Å². The first kappa shape index (κ1) is 16.6. The van der Waals surface area contributed by atoms with Crippen LogP contribution >= 0.6 is 0 Å². The number of rotatable bonds is 6. The zero-order chi connectivity index (χ0) is 16.8. The highest BCUT2D eigenvalue weighted by molar-refractivity contribution is 6.11. The molecule has 0 unspecified atom stereocenters. The lowest BCUT2D eigenvalue weighted by molar-refractivity contribution is 0.103. The average molecular weight is 312 g/mol. The molecule has 0 spiro atoms. The number of allylic oxidation sites excluding steroid dienone is 1. The van der Waals surface area contributed by atoms with Crippen molar-refractivity contribution in [2.45, 2.75) is 6.92 Å². The summed E-state index contributed by atoms with van der Waals surface area (Å²) in [6.45, 7) is 1.78. The van der Waals surface area contributed by atoms with Crippen molar-refractivity contribution in [3.63, 3.8) is 0 Å². The van der Waals surface area contributed by atoms with Gasteiger partial charge in [-0.25, -0.2) is 0 Å². The normalized spacial score (nSPS) is 11.0. The zero-order valence-electron chi connectivity index (χ0n) is 13.8. The van der Waals surface area contributed by atoms with Crippen molar-refractivity contribution in [3.05, 3.63) is 59.2 Å². The Bertz CT molecular complexity index is 715. The van der Waals surface area contributed by atoms with E-state index in [0.29, 0.717) is 22.6 Å². The molecule has 0 saturated carbocycles. The van der Waals surface area contributed by atoms with E-state index in [4.69, 9.17) is 14.2 Å². The van der Waals surface area contributed by atoms with Gasteiger partial charge in [0.25, 0.3) is 0 Å². The Morgan fingerprint density at radius 1 is 0.870 bits per heavy atom. The zero-order valence-corrected chi connectivity index (χ0v) is 13.8.